The molecule has 19 heavy (non-hydrogen) atoms. The number of nitrogens with two attached hydrogens (primary N) is 1. The van der Waals surface area contributed by atoms with Crippen LogP contribution in [0.2, 0.25) is 0 Å². The molecule has 0 heterocycles. The molecule has 0 aromatic heterocycles. The van der Waals surface area contributed by atoms with E-state index in [4.69, 9.17) is 5.14 Å². The minimum Gasteiger partial charge on any atom is -0.385 e. The van der Waals surface area contributed by atoms with E-state index in [1.54, 1.807) is 6.07 Å². The SMILES string of the molecule is CCNc1ccc(C(=O)NCCS(N)(=O)=O)c(C)c1. The Morgan fingerprint density at radius 2 is 2.05 bits per heavy atom. The van der Waals surface area contributed by atoms with Crippen molar-refractivity contribution in [2.75, 3.05) is 24.2 Å². The minimum absolute atomic E-state index is 0.00602. The molecule has 0 aliphatic heterocycles. The van der Waals surface area contributed by atoms with Crippen molar-refractivity contribution < 1.29 is 13.2 Å². The number of hydrogen-bond donors (Lipinski definition) is 3. The smallest absolute Gasteiger partial charge is 0.251 e. The number of benzene rings is 1. The van der Waals surface area contributed by atoms with Crippen LogP contribution in [0.4, 0.5) is 5.69 Å². The van der Waals surface area contributed by atoms with Gasteiger partial charge in [-0.2, -0.15) is 0 Å². The molecule has 0 aliphatic rings. The van der Waals surface area contributed by atoms with Crippen LogP contribution >= 0.6 is 0 Å². The number of sulfonamides is 1. The summed E-state index contributed by atoms with van der Waals surface area (Å²) in [5.41, 5.74) is 2.30. The zero-order valence-electron chi connectivity index (χ0n) is 11.1. The highest BCUT2D eigenvalue weighted by Gasteiger charge is 2.10. The number of carbonyl (C=O) groups is 1. The van der Waals surface area contributed by atoms with Crippen molar-refractivity contribution in [2.24, 2.45) is 5.14 Å². The summed E-state index contributed by atoms with van der Waals surface area (Å²) in [6, 6.07) is 5.39. The predicted molar refractivity (Wildman–Crippen MR) is 75.7 cm³/mol. The number of hydrogen-bond acceptors (Lipinski definition) is 4. The Morgan fingerprint density at radius 3 is 2.58 bits per heavy atom. The van der Waals surface area contributed by atoms with Crippen LogP contribution in [0.3, 0.4) is 0 Å². The van der Waals surface area contributed by atoms with Crippen molar-refractivity contribution in [1.82, 2.24) is 5.32 Å². The van der Waals surface area contributed by atoms with Gasteiger partial charge in [-0.3, -0.25) is 4.79 Å². The van der Waals surface area contributed by atoms with Crippen molar-refractivity contribution in [3.63, 3.8) is 0 Å². The summed E-state index contributed by atoms with van der Waals surface area (Å²) in [5.74, 6) is -0.572. The van der Waals surface area contributed by atoms with Crippen LogP contribution in [-0.4, -0.2) is 33.2 Å². The van der Waals surface area contributed by atoms with E-state index in [2.05, 4.69) is 10.6 Å². The van der Waals surface area contributed by atoms with Gasteiger partial charge in [0.15, 0.2) is 0 Å². The lowest BCUT2D eigenvalue weighted by Gasteiger charge is -2.09. The Labute approximate surface area is 113 Å². The van der Waals surface area contributed by atoms with Crippen LogP contribution in [0, 0.1) is 6.92 Å². The maximum absolute atomic E-state index is 11.9. The third kappa shape index (κ3) is 5.27. The van der Waals surface area contributed by atoms with Gasteiger partial charge >= 0.3 is 0 Å². The first-order valence-corrected chi connectivity index (χ1v) is 7.68. The van der Waals surface area contributed by atoms with E-state index in [-0.39, 0.29) is 18.2 Å². The lowest BCUT2D eigenvalue weighted by atomic mass is 10.1. The summed E-state index contributed by atoms with van der Waals surface area (Å²) in [7, 11) is -3.55. The van der Waals surface area contributed by atoms with Crippen molar-refractivity contribution in [1.29, 1.82) is 0 Å². The second kappa shape index (κ2) is 6.53. The third-order valence-corrected chi connectivity index (χ3v) is 3.30. The van der Waals surface area contributed by atoms with Gasteiger partial charge in [0, 0.05) is 24.3 Å². The normalized spacial score (nSPS) is 11.1. The van der Waals surface area contributed by atoms with E-state index in [0.717, 1.165) is 17.8 Å². The van der Waals surface area contributed by atoms with E-state index < -0.39 is 10.0 Å². The summed E-state index contributed by atoms with van der Waals surface area (Å²) in [4.78, 5) is 11.9. The highest BCUT2D eigenvalue weighted by atomic mass is 32.2. The molecule has 106 valence electrons. The molecule has 0 radical (unpaired) electrons. The molecule has 0 fully saturated rings. The molecule has 0 aliphatic carbocycles. The highest BCUT2D eigenvalue weighted by Crippen LogP contribution is 2.14. The molecule has 0 saturated carbocycles. The Hall–Kier alpha value is -1.60. The van der Waals surface area contributed by atoms with Crippen molar-refractivity contribution in [3.05, 3.63) is 29.3 Å². The van der Waals surface area contributed by atoms with Crippen molar-refractivity contribution in [3.8, 4) is 0 Å². The molecule has 0 saturated heterocycles. The maximum Gasteiger partial charge on any atom is 0.251 e. The number of primary sulfonamides is 1. The topological polar surface area (TPSA) is 101 Å². The molecule has 1 aromatic rings. The van der Waals surface area contributed by atoms with Crippen LogP contribution in [0.25, 0.3) is 0 Å². The molecule has 0 atom stereocenters. The molecule has 1 aromatic carbocycles. The fraction of sp³-hybridized carbons (Fsp3) is 0.417. The van der Waals surface area contributed by atoms with E-state index in [9.17, 15) is 13.2 Å². The van der Waals surface area contributed by atoms with Gasteiger partial charge in [-0.1, -0.05) is 0 Å². The van der Waals surface area contributed by atoms with Crippen molar-refractivity contribution in [2.45, 2.75) is 13.8 Å². The molecule has 1 rings (SSSR count). The first-order valence-electron chi connectivity index (χ1n) is 5.96. The molecular weight excluding hydrogens is 266 g/mol. The molecule has 0 unspecified atom stereocenters. The third-order valence-electron chi connectivity index (χ3n) is 2.52. The van der Waals surface area contributed by atoms with Gasteiger partial charge in [0.2, 0.25) is 10.0 Å². The zero-order valence-corrected chi connectivity index (χ0v) is 11.9. The van der Waals surface area contributed by atoms with Crippen LogP contribution in [-0.2, 0) is 10.0 Å². The van der Waals surface area contributed by atoms with E-state index >= 15 is 0 Å². The van der Waals surface area contributed by atoms with Gasteiger partial charge < -0.3 is 10.6 Å². The van der Waals surface area contributed by atoms with Crippen LogP contribution in [0.15, 0.2) is 18.2 Å². The Balaban J connectivity index is 2.67. The molecule has 4 N–H and O–H groups in total. The highest BCUT2D eigenvalue weighted by molar-refractivity contribution is 7.89. The molecule has 1 amide bonds. The number of aryl methyl sites for hydroxylation is 1. The monoisotopic (exact) mass is 285 g/mol. The molecule has 7 heteroatoms. The summed E-state index contributed by atoms with van der Waals surface area (Å²) in [6.45, 7) is 4.63. The summed E-state index contributed by atoms with van der Waals surface area (Å²) < 4.78 is 21.5. The largest absolute Gasteiger partial charge is 0.385 e. The Kier molecular flexibility index (Phi) is 5.31. The van der Waals surface area contributed by atoms with Gasteiger partial charge in [0.25, 0.3) is 5.91 Å². The standard InChI is InChI=1S/C12H19N3O3S/c1-3-14-10-4-5-11(9(2)8-10)12(16)15-6-7-19(13,17)18/h4-5,8,14H,3,6-7H2,1-2H3,(H,15,16)(H2,13,17,18). The Bertz CT molecular complexity index is 555. The van der Waals surface area contributed by atoms with Crippen LogP contribution in [0.5, 0.6) is 0 Å². The fourth-order valence-corrected chi connectivity index (χ4v) is 2.02. The van der Waals surface area contributed by atoms with E-state index in [0.29, 0.717) is 5.56 Å². The molecule has 0 spiro atoms. The zero-order chi connectivity index (χ0) is 14.5. The lowest BCUT2D eigenvalue weighted by molar-refractivity contribution is 0.0955. The number of carbonyl (C=O) groups excluding carboxylic acids is 1. The fourth-order valence-electron chi connectivity index (χ4n) is 1.63. The summed E-state index contributed by atoms with van der Waals surface area (Å²) in [6.07, 6.45) is 0. The number of amides is 1. The summed E-state index contributed by atoms with van der Waals surface area (Å²) in [5, 5.41) is 10.5. The molecule has 6 nitrogen and oxygen atoms in total. The van der Waals surface area contributed by atoms with Crippen LogP contribution in [0.1, 0.15) is 22.8 Å². The number of rotatable bonds is 6. The first kappa shape index (κ1) is 15.5. The second-order valence-electron chi connectivity index (χ2n) is 4.18. The van der Waals surface area contributed by atoms with Crippen LogP contribution < -0.4 is 15.8 Å². The lowest BCUT2D eigenvalue weighted by Crippen LogP contribution is -2.31. The summed E-state index contributed by atoms with van der Waals surface area (Å²) >= 11 is 0. The van der Waals surface area contributed by atoms with E-state index in [1.165, 1.54) is 0 Å². The van der Waals surface area contributed by atoms with Crippen molar-refractivity contribution >= 4 is 21.6 Å². The van der Waals surface area contributed by atoms with Gasteiger partial charge in [0.05, 0.1) is 5.75 Å². The van der Waals surface area contributed by atoms with Gasteiger partial charge in [-0.05, 0) is 37.6 Å². The van der Waals surface area contributed by atoms with E-state index in [1.807, 2.05) is 26.0 Å². The van der Waals surface area contributed by atoms with Gasteiger partial charge in [-0.25, -0.2) is 13.6 Å². The van der Waals surface area contributed by atoms with Gasteiger partial charge in [-0.15, -0.1) is 0 Å². The predicted octanol–water partition coefficient (Wildman–Crippen LogP) is 0.445. The molecule has 0 bridgehead atoms. The van der Waals surface area contributed by atoms with Gasteiger partial charge in [0.1, 0.15) is 0 Å². The quantitative estimate of drug-likeness (QED) is 0.706. The minimum atomic E-state index is -3.55. The number of nitrogens with one attached hydrogen (secondary N) is 2. The number of anilines is 1. The maximum atomic E-state index is 11.9. The average Bonchev–Trinajstić information content (AvgIpc) is 2.27. The Morgan fingerprint density at radius 1 is 1.37 bits per heavy atom. The first-order chi connectivity index (χ1) is 8.83. The second-order valence-corrected chi connectivity index (χ2v) is 5.92. The average molecular weight is 285 g/mol. The molecular formula is C12H19N3O3S.